The number of carbonyl (C=O) groups is 1. The fraction of sp³-hybridized carbons (Fsp3) is 0.267. The third kappa shape index (κ3) is 4.72. The molecular formula is C15H17ClN4O. The number of carbonyl (C=O) groups excluding carboxylic acids is 1. The molecule has 0 spiro atoms. The number of anilines is 2. The molecule has 0 bridgehead atoms. The second-order valence-corrected chi connectivity index (χ2v) is 6.07. The Labute approximate surface area is 128 Å². The Morgan fingerprint density at radius 3 is 2.43 bits per heavy atom. The minimum atomic E-state index is -0.278. The van der Waals surface area contributed by atoms with E-state index < -0.39 is 0 Å². The first-order chi connectivity index (χ1) is 9.83. The Hall–Kier alpha value is -2.14. The van der Waals surface area contributed by atoms with Gasteiger partial charge >= 0.3 is 0 Å². The molecular weight excluding hydrogens is 288 g/mol. The summed E-state index contributed by atoms with van der Waals surface area (Å²) in [4.78, 5) is 20.3. The number of nitrogens with one attached hydrogen (secondary N) is 2. The summed E-state index contributed by atoms with van der Waals surface area (Å²) >= 11 is 5.87. The van der Waals surface area contributed by atoms with Crippen LogP contribution in [-0.4, -0.2) is 21.4 Å². The molecule has 0 unspecified atom stereocenters. The predicted molar refractivity (Wildman–Crippen MR) is 84.8 cm³/mol. The first kappa shape index (κ1) is 15.3. The molecule has 0 atom stereocenters. The van der Waals surface area contributed by atoms with E-state index in [0.717, 1.165) is 0 Å². The maximum absolute atomic E-state index is 12.1. The zero-order chi connectivity index (χ0) is 15.5. The lowest BCUT2D eigenvalue weighted by molar-refractivity contribution is 0.102. The number of nitrogens with zero attached hydrogens (tertiary/aromatic N) is 2. The Balaban J connectivity index is 2.06. The molecule has 0 aliphatic rings. The smallest absolute Gasteiger partial charge is 0.258 e. The highest BCUT2D eigenvalue weighted by atomic mass is 35.5. The van der Waals surface area contributed by atoms with Crippen molar-refractivity contribution in [2.75, 3.05) is 10.6 Å². The maximum Gasteiger partial charge on any atom is 0.258 e. The molecule has 0 radical (unpaired) electrons. The zero-order valence-electron chi connectivity index (χ0n) is 12.1. The molecule has 1 amide bonds. The van der Waals surface area contributed by atoms with E-state index in [1.165, 1.54) is 12.4 Å². The molecule has 1 heterocycles. The van der Waals surface area contributed by atoms with Crippen molar-refractivity contribution in [2.45, 2.75) is 26.3 Å². The summed E-state index contributed by atoms with van der Waals surface area (Å²) in [5.74, 6) is 0.210. The van der Waals surface area contributed by atoms with E-state index in [1.54, 1.807) is 24.3 Å². The number of hydrogen-bond acceptors (Lipinski definition) is 4. The van der Waals surface area contributed by atoms with Gasteiger partial charge in [0.2, 0.25) is 5.95 Å². The van der Waals surface area contributed by atoms with Crippen LogP contribution in [0.4, 0.5) is 11.6 Å². The van der Waals surface area contributed by atoms with Gasteiger partial charge in [0.1, 0.15) is 0 Å². The molecule has 0 aliphatic carbocycles. The molecule has 0 saturated heterocycles. The molecule has 1 aromatic carbocycles. The SMILES string of the molecule is CC(C)(C)Nc1ncc(C(=O)Nc2cccc(Cl)c2)cn1. The van der Waals surface area contributed by atoms with E-state index in [0.29, 0.717) is 22.2 Å². The summed E-state index contributed by atoms with van der Waals surface area (Å²) in [6.07, 6.45) is 2.97. The fourth-order valence-electron chi connectivity index (χ4n) is 1.61. The van der Waals surface area contributed by atoms with E-state index in [4.69, 9.17) is 11.6 Å². The van der Waals surface area contributed by atoms with Gasteiger partial charge in [-0.25, -0.2) is 9.97 Å². The summed E-state index contributed by atoms with van der Waals surface area (Å²) in [6, 6.07) is 6.95. The van der Waals surface area contributed by atoms with Gasteiger partial charge in [0, 0.05) is 28.6 Å². The van der Waals surface area contributed by atoms with E-state index in [9.17, 15) is 4.79 Å². The molecule has 2 N–H and O–H groups in total. The average molecular weight is 305 g/mol. The molecule has 2 rings (SSSR count). The number of benzene rings is 1. The number of amides is 1. The van der Waals surface area contributed by atoms with Crippen LogP contribution in [-0.2, 0) is 0 Å². The van der Waals surface area contributed by atoms with Crippen LogP contribution in [0.25, 0.3) is 0 Å². The van der Waals surface area contributed by atoms with Gasteiger partial charge in [-0.2, -0.15) is 0 Å². The summed E-state index contributed by atoms with van der Waals surface area (Å²) in [6.45, 7) is 6.03. The molecule has 21 heavy (non-hydrogen) atoms. The topological polar surface area (TPSA) is 66.9 Å². The van der Waals surface area contributed by atoms with Crippen LogP contribution in [0.5, 0.6) is 0 Å². The third-order valence-electron chi connectivity index (χ3n) is 2.48. The van der Waals surface area contributed by atoms with Crippen LogP contribution in [0.3, 0.4) is 0 Å². The van der Waals surface area contributed by atoms with E-state index in [2.05, 4.69) is 20.6 Å². The minimum Gasteiger partial charge on any atom is -0.350 e. The number of halogens is 1. The average Bonchev–Trinajstić information content (AvgIpc) is 2.37. The number of rotatable bonds is 3. The zero-order valence-corrected chi connectivity index (χ0v) is 12.9. The van der Waals surface area contributed by atoms with E-state index in [-0.39, 0.29) is 11.4 Å². The van der Waals surface area contributed by atoms with Crippen molar-refractivity contribution in [3.05, 3.63) is 47.2 Å². The second-order valence-electron chi connectivity index (χ2n) is 5.63. The molecule has 110 valence electrons. The van der Waals surface area contributed by atoms with Crippen LogP contribution in [0.15, 0.2) is 36.7 Å². The lowest BCUT2D eigenvalue weighted by Gasteiger charge is -2.20. The summed E-state index contributed by atoms with van der Waals surface area (Å²) in [7, 11) is 0. The molecule has 0 aliphatic heterocycles. The summed E-state index contributed by atoms with van der Waals surface area (Å²) in [5, 5.41) is 6.44. The highest BCUT2D eigenvalue weighted by Gasteiger charge is 2.12. The van der Waals surface area contributed by atoms with Gasteiger partial charge < -0.3 is 10.6 Å². The van der Waals surface area contributed by atoms with Crippen molar-refractivity contribution in [3.8, 4) is 0 Å². The second kappa shape index (κ2) is 6.10. The van der Waals surface area contributed by atoms with Crippen LogP contribution < -0.4 is 10.6 Å². The maximum atomic E-state index is 12.1. The van der Waals surface area contributed by atoms with Gasteiger partial charge in [-0.3, -0.25) is 4.79 Å². The Morgan fingerprint density at radius 1 is 1.19 bits per heavy atom. The normalized spacial score (nSPS) is 11.0. The van der Waals surface area contributed by atoms with Crippen molar-refractivity contribution < 1.29 is 4.79 Å². The van der Waals surface area contributed by atoms with Gasteiger partial charge in [0.05, 0.1) is 5.56 Å². The third-order valence-corrected chi connectivity index (χ3v) is 2.72. The predicted octanol–water partition coefficient (Wildman–Crippen LogP) is 3.59. The highest BCUT2D eigenvalue weighted by Crippen LogP contribution is 2.16. The standard InChI is InChI=1S/C15H17ClN4O/c1-15(2,3)20-14-17-8-10(9-18-14)13(21)19-12-6-4-5-11(16)7-12/h4-9H,1-3H3,(H,19,21)(H,17,18,20). The van der Waals surface area contributed by atoms with Gasteiger partial charge in [0.15, 0.2) is 0 Å². The van der Waals surface area contributed by atoms with E-state index >= 15 is 0 Å². The van der Waals surface area contributed by atoms with Crippen LogP contribution in [0, 0.1) is 0 Å². The number of hydrogen-bond donors (Lipinski definition) is 2. The van der Waals surface area contributed by atoms with Crippen molar-refractivity contribution >= 4 is 29.1 Å². The summed E-state index contributed by atoms with van der Waals surface area (Å²) in [5.41, 5.74) is 0.878. The largest absolute Gasteiger partial charge is 0.350 e. The molecule has 0 saturated carbocycles. The molecule has 2 aromatic rings. The molecule has 0 fully saturated rings. The lowest BCUT2D eigenvalue weighted by atomic mass is 10.1. The Bertz CT molecular complexity index is 635. The van der Waals surface area contributed by atoms with Crippen LogP contribution >= 0.6 is 11.6 Å². The van der Waals surface area contributed by atoms with Crippen molar-refractivity contribution in [1.29, 1.82) is 0 Å². The van der Waals surface area contributed by atoms with Crippen LogP contribution in [0.2, 0.25) is 5.02 Å². The van der Waals surface area contributed by atoms with Gasteiger partial charge in [-0.05, 0) is 39.0 Å². The summed E-state index contributed by atoms with van der Waals surface area (Å²) < 4.78 is 0. The first-order valence-corrected chi connectivity index (χ1v) is 6.88. The molecule has 1 aromatic heterocycles. The Morgan fingerprint density at radius 2 is 1.86 bits per heavy atom. The minimum absolute atomic E-state index is 0.134. The van der Waals surface area contributed by atoms with Crippen LogP contribution in [0.1, 0.15) is 31.1 Å². The fourth-order valence-corrected chi connectivity index (χ4v) is 1.81. The van der Waals surface area contributed by atoms with Crippen molar-refractivity contribution in [1.82, 2.24) is 9.97 Å². The molecule has 6 heteroatoms. The Kier molecular flexibility index (Phi) is 4.43. The molecule has 5 nitrogen and oxygen atoms in total. The van der Waals surface area contributed by atoms with Crippen molar-refractivity contribution in [2.24, 2.45) is 0 Å². The lowest BCUT2D eigenvalue weighted by Crippen LogP contribution is -2.27. The van der Waals surface area contributed by atoms with Crippen molar-refractivity contribution in [3.63, 3.8) is 0 Å². The first-order valence-electron chi connectivity index (χ1n) is 6.51. The van der Waals surface area contributed by atoms with Gasteiger partial charge in [-0.15, -0.1) is 0 Å². The number of aromatic nitrogens is 2. The van der Waals surface area contributed by atoms with E-state index in [1.807, 2.05) is 20.8 Å². The highest BCUT2D eigenvalue weighted by molar-refractivity contribution is 6.30. The quantitative estimate of drug-likeness (QED) is 0.909. The monoisotopic (exact) mass is 304 g/mol. The van der Waals surface area contributed by atoms with Gasteiger partial charge in [0.25, 0.3) is 5.91 Å². The van der Waals surface area contributed by atoms with Gasteiger partial charge in [-0.1, -0.05) is 17.7 Å².